The molecule has 126 valence electrons. The fraction of sp³-hybridized carbons (Fsp3) is 0.412. The number of amides is 1. The summed E-state index contributed by atoms with van der Waals surface area (Å²) in [5, 5.41) is 6.63. The van der Waals surface area contributed by atoms with Gasteiger partial charge in [-0.1, -0.05) is 43.3 Å². The molecule has 1 unspecified atom stereocenters. The lowest BCUT2D eigenvalue weighted by Gasteiger charge is -2.14. The second kappa shape index (κ2) is 8.70. The number of hydrogen-bond donors (Lipinski definition) is 2. The van der Waals surface area contributed by atoms with E-state index in [9.17, 15) is 4.79 Å². The molecule has 0 spiro atoms. The number of nitrogens with zero attached hydrogens (tertiary/aromatic N) is 1. The molecule has 5 nitrogen and oxygen atoms in total. The minimum absolute atomic E-state index is 0. The van der Waals surface area contributed by atoms with Gasteiger partial charge in [0.25, 0.3) is 0 Å². The fourth-order valence-corrected chi connectivity index (χ4v) is 2.20. The fourth-order valence-electron chi connectivity index (χ4n) is 2.20. The number of carbonyl (C=O) groups is 1. The standard InChI is InChI=1S/C17H23N3O2.ClH/c1-11(2)13-4-6-14(7-5-13)16(18)10-19-17(21)9-15-8-12(3)22-20-15;/h4-8,11,16H,9-10,18H2,1-3H3,(H,19,21);1H. The summed E-state index contributed by atoms with van der Waals surface area (Å²) >= 11 is 0. The van der Waals surface area contributed by atoms with E-state index >= 15 is 0 Å². The topological polar surface area (TPSA) is 81.2 Å². The molecule has 0 aliphatic rings. The monoisotopic (exact) mass is 337 g/mol. The van der Waals surface area contributed by atoms with E-state index in [0.29, 0.717) is 23.9 Å². The second-order valence-electron chi connectivity index (χ2n) is 5.84. The van der Waals surface area contributed by atoms with Crippen molar-refractivity contribution in [2.24, 2.45) is 5.73 Å². The van der Waals surface area contributed by atoms with Gasteiger partial charge in [-0.25, -0.2) is 0 Å². The highest BCUT2D eigenvalue weighted by molar-refractivity contribution is 5.85. The second-order valence-corrected chi connectivity index (χ2v) is 5.84. The number of benzene rings is 1. The van der Waals surface area contributed by atoms with Crippen molar-refractivity contribution in [3.05, 3.63) is 52.9 Å². The van der Waals surface area contributed by atoms with Crippen molar-refractivity contribution in [1.82, 2.24) is 10.5 Å². The minimum atomic E-state index is -0.218. The van der Waals surface area contributed by atoms with Gasteiger partial charge in [-0.2, -0.15) is 0 Å². The normalized spacial score (nSPS) is 11.9. The maximum atomic E-state index is 11.9. The van der Waals surface area contributed by atoms with E-state index in [4.69, 9.17) is 10.3 Å². The Morgan fingerprint density at radius 2 is 1.87 bits per heavy atom. The van der Waals surface area contributed by atoms with E-state index in [2.05, 4.69) is 36.5 Å². The maximum Gasteiger partial charge on any atom is 0.226 e. The zero-order valence-electron chi connectivity index (χ0n) is 13.7. The summed E-state index contributed by atoms with van der Waals surface area (Å²) in [5.41, 5.74) is 9.04. The van der Waals surface area contributed by atoms with E-state index < -0.39 is 0 Å². The van der Waals surface area contributed by atoms with Crippen molar-refractivity contribution in [3.63, 3.8) is 0 Å². The third-order valence-corrected chi connectivity index (χ3v) is 3.57. The van der Waals surface area contributed by atoms with Crippen LogP contribution < -0.4 is 11.1 Å². The highest BCUT2D eigenvalue weighted by Crippen LogP contribution is 2.17. The number of nitrogens with one attached hydrogen (secondary N) is 1. The van der Waals surface area contributed by atoms with Gasteiger partial charge in [-0.15, -0.1) is 12.4 Å². The van der Waals surface area contributed by atoms with Gasteiger partial charge in [-0.05, 0) is 24.0 Å². The van der Waals surface area contributed by atoms with E-state index in [1.807, 2.05) is 12.1 Å². The summed E-state index contributed by atoms with van der Waals surface area (Å²) in [6.45, 7) is 6.50. The van der Waals surface area contributed by atoms with Crippen LogP contribution in [0.25, 0.3) is 0 Å². The first-order valence-corrected chi connectivity index (χ1v) is 7.50. The van der Waals surface area contributed by atoms with Crippen LogP contribution in [0.2, 0.25) is 0 Å². The first-order chi connectivity index (χ1) is 10.5. The first-order valence-electron chi connectivity index (χ1n) is 7.50. The molecule has 2 aromatic rings. The number of carbonyl (C=O) groups excluding carboxylic acids is 1. The van der Waals surface area contributed by atoms with Crippen LogP contribution in [-0.2, 0) is 11.2 Å². The lowest BCUT2D eigenvalue weighted by atomic mass is 9.99. The van der Waals surface area contributed by atoms with Crippen molar-refractivity contribution in [2.75, 3.05) is 6.54 Å². The van der Waals surface area contributed by atoms with Crippen molar-refractivity contribution in [2.45, 2.75) is 39.2 Å². The number of aryl methyl sites for hydroxylation is 1. The molecule has 23 heavy (non-hydrogen) atoms. The van der Waals surface area contributed by atoms with Gasteiger partial charge in [0.1, 0.15) is 5.76 Å². The Labute approximate surface area is 143 Å². The third kappa shape index (κ3) is 5.69. The zero-order valence-corrected chi connectivity index (χ0v) is 14.5. The van der Waals surface area contributed by atoms with Gasteiger partial charge in [0.2, 0.25) is 5.91 Å². The van der Waals surface area contributed by atoms with Gasteiger partial charge < -0.3 is 15.6 Å². The predicted molar refractivity (Wildman–Crippen MR) is 92.7 cm³/mol. The largest absolute Gasteiger partial charge is 0.361 e. The molecule has 0 radical (unpaired) electrons. The van der Waals surface area contributed by atoms with Crippen LogP contribution >= 0.6 is 12.4 Å². The highest BCUT2D eigenvalue weighted by atomic mass is 35.5. The van der Waals surface area contributed by atoms with Crippen LogP contribution in [-0.4, -0.2) is 17.6 Å². The molecule has 0 aliphatic carbocycles. The molecule has 0 fully saturated rings. The van der Waals surface area contributed by atoms with E-state index in [1.54, 1.807) is 13.0 Å². The Hall–Kier alpha value is -1.85. The first kappa shape index (κ1) is 19.2. The minimum Gasteiger partial charge on any atom is -0.361 e. The lowest BCUT2D eigenvalue weighted by Crippen LogP contribution is -2.32. The van der Waals surface area contributed by atoms with Crippen molar-refractivity contribution >= 4 is 18.3 Å². The molecule has 0 saturated heterocycles. The third-order valence-electron chi connectivity index (χ3n) is 3.57. The zero-order chi connectivity index (χ0) is 16.1. The van der Waals surface area contributed by atoms with Crippen LogP contribution in [0.4, 0.5) is 0 Å². The quantitative estimate of drug-likeness (QED) is 0.849. The number of halogens is 1. The number of hydrogen-bond acceptors (Lipinski definition) is 4. The average Bonchev–Trinajstić information content (AvgIpc) is 2.90. The molecule has 1 heterocycles. The van der Waals surface area contributed by atoms with E-state index in [-0.39, 0.29) is 30.8 Å². The highest BCUT2D eigenvalue weighted by Gasteiger charge is 2.11. The molecule has 0 aliphatic heterocycles. The average molecular weight is 338 g/mol. The SMILES string of the molecule is Cc1cc(CC(=O)NCC(N)c2ccc(C(C)C)cc2)no1.Cl. The molecule has 2 rings (SSSR count). The summed E-state index contributed by atoms with van der Waals surface area (Å²) < 4.78 is 4.94. The summed E-state index contributed by atoms with van der Waals surface area (Å²) in [6, 6.07) is 9.74. The van der Waals surface area contributed by atoms with Crippen LogP contribution in [0.1, 0.15) is 48.4 Å². The number of aromatic nitrogens is 1. The van der Waals surface area contributed by atoms with Crippen LogP contribution in [0.15, 0.2) is 34.9 Å². The van der Waals surface area contributed by atoms with Crippen molar-refractivity contribution in [3.8, 4) is 0 Å². The van der Waals surface area contributed by atoms with Gasteiger partial charge in [-0.3, -0.25) is 4.79 Å². The molecule has 1 amide bonds. The smallest absolute Gasteiger partial charge is 0.226 e. The molecule has 3 N–H and O–H groups in total. The Morgan fingerprint density at radius 1 is 1.26 bits per heavy atom. The molecule has 0 bridgehead atoms. The predicted octanol–water partition coefficient (Wildman–Crippen LogP) is 2.89. The van der Waals surface area contributed by atoms with Crippen molar-refractivity contribution < 1.29 is 9.32 Å². The van der Waals surface area contributed by atoms with Gasteiger partial charge in [0.15, 0.2) is 0 Å². The molecular formula is C17H24ClN3O2. The summed E-state index contributed by atoms with van der Waals surface area (Å²) in [6.07, 6.45) is 0.205. The maximum absolute atomic E-state index is 11.9. The van der Waals surface area contributed by atoms with Crippen LogP contribution in [0.5, 0.6) is 0 Å². The molecule has 6 heteroatoms. The summed E-state index contributed by atoms with van der Waals surface area (Å²) in [5.74, 6) is 1.09. The molecule has 1 aromatic carbocycles. The number of nitrogens with two attached hydrogens (primary N) is 1. The Kier molecular flexibility index (Phi) is 7.26. The Balaban J connectivity index is 0.00000264. The summed E-state index contributed by atoms with van der Waals surface area (Å²) in [7, 11) is 0. The van der Waals surface area contributed by atoms with E-state index in [1.165, 1.54) is 5.56 Å². The van der Waals surface area contributed by atoms with Gasteiger partial charge >= 0.3 is 0 Å². The lowest BCUT2D eigenvalue weighted by molar-refractivity contribution is -0.120. The molecule has 1 atom stereocenters. The summed E-state index contributed by atoms with van der Waals surface area (Å²) in [4.78, 5) is 11.9. The van der Waals surface area contributed by atoms with Crippen LogP contribution in [0.3, 0.4) is 0 Å². The van der Waals surface area contributed by atoms with E-state index in [0.717, 1.165) is 5.56 Å². The molecular weight excluding hydrogens is 314 g/mol. The van der Waals surface area contributed by atoms with Crippen molar-refractivity contribution in [1.29, 1.82) is 0 Å². The molecule has 1 aromatic heterocycles. The number of rotatable bonds is 6. The Bertz CT molecular complexity index is 623. The molecule has 0 saturated carbocycles. The Morgan fingerprint density at radius 3 is 2.39 bits per heavy atom. The van der Waals surface area contributed by atoms with Crippen LogP contribution in [0, 0.1) is 6.92 Å². The van der Waals surface area contributed by atoms with Gasteiger partial charge in [0, 0.05) is 18.7 Å². The van der Waals surface area contributed by atoms with Gasteiger partial charge in [0.05, 0.1) is 12.1 Å².